The molecule has 0 radical (unpaired) electrons. The van der Waals surface area contributed by atoms with Gasteiger partial charge in [0, 0.05) is 23.7 Å². The number of hydrogen-bond donors (Lipinski definition) is 0. The number of ether oxygens (including phenoxy) is 1. The molecule has 1 atom stereocenters. The molecule has 1 aliphatic rings. The summed E-state index contributed by atoms with van der Waals surface area (Å²) in [6, 6.07) is 14.4. The number of esters is 1. The van der Waals surface area contributed by atoms with Crippen LogP contribution < -0.4 is 9.64 Å². The van der Waals surface area contributed by atoms with E-state index < -0.39 is 5.92 Å². The minimum Gasteiger partial charge on any atom is -0.426 e. The Morgan fingerprint density at radius 2 is 1.83 bits per heavy atom. The second kappa shape index (κ2) is 7.05. The van der Waals surface area contributed by atoms with Crippen molar-refractivity contribution in [3.8, 4) is 5.75 Å². The lowest BCUT2D eigenvalue weighted by atomic mass is 10.1. The maximum atomic E-state index is 12.3. The van der Waals surface area contributed by atoms with E-state index in [2.05, 4.69) is 6.92 Å². The highest BCUT2D eigenvalue weighted by atomic mass is 35.5. The van der Waals surface area contributed by atoms with E-state index in [0.29, 0.717) is 17.3 Å². The van der Waals surface area contributed by atoms with E-state index in [9.17, 15) is 9.59 Å². The number of aryl methyl sites for hydroxylation is 1. The number of carbonyl (C=O) groups excluding carboxylic acids is 2. The third-order valence-corrected chi connectivity index (χ3v) is 4.40. The van der Waals surface area contributed by atoms with Crippen LogP contribution in [0.4, 0.5) is 5.69 Å². The minimum absolute atomic E-state index is 0.0828. The Kier molecular flexibility index (Phi) is 4.86. The van der Waals surface area contributed by atoms with Crippen molar-refractivity contribution in [2.24, 2.45) is 5.92 Å². The first-order valence-electron chi connectivity index (χ1n) is 7.93. The van der Waals surface area contributed by atoms with Gasteiger partial charge in [0.05, 0.1) is 5.92 Å². The molecule has 1 aliphatic heterocycles. The Bertz CT molecular complexity index is 740. The van der Waals surface area contributed by atoms with E-state index in [1.54, 1.807) is 41.3 Å². The molecule has 0 aromatic heterocycles. The quantitative estimate of drug-likeness (QED) is 0.625. The van der Waals surface area contributed by atoms with E-state index in [-0.39, 0.29) is 18.3 Å². The molecular formula is C19H18ClNO3. The van der Waals surface area contributed by atoms with Crippen LogP contribution in [-0.4, -0.2) is 18.4 Å². The normalized spacial score (nSPS) is 17.2. The zero-order valence-electron chi connectivity index (χ0n) is 13.4. The Labute approximate surface area is 146 Å². The van der Waals surface area contributed by atoms with Crippen LogP contribution in [0.3, 0.4) is 0 Å². The van der Waals surface area contributed by atoms with Crippen LogP contribution in [0.25, 0.3) is 0 Å². The lowest BCUT2D eigenvalue weighted by molar-refractivity contribution is -0.139. The predicted octanol–water partition coefficient (Wildman–Crippen LogP) is 3.86. The number of rotatable bonds is 4. The summed E-state index contributed by atoms with van der Waals surface area (Å²) in [6.45, 7) is 2.39. The van der Waals surface area contributed by atoms with Gasteiger partial charge in [-0.05, 0) is 48.4 Å². The van der Waals surface area contributed by atoms with Crippen molar-refractivity contribution in [3.05, 3.63) is 59.1 Å². The highest BCUT2D eigenvalue weighted by Crippen LogP contribution is 2.27. The number of benzene rings is 2. The van der Waals surface area contributed by atoms with Crippen molar-refractivity contribution in [1.82, 2.24) is 0 Å². The second-order valence-corrected chi connectivity index (χ2v) is 6.24. The summed E-state index contributed by atoms with van der Waals surface area (Å²) in [6.07, 6.45) is 1.09. The number of nitrogens with zero attached hydrogens (tertiary/aromatic N) is 1. The van der Waals surface area contributed by atoms with Crippen molar-refractivity contribution in [1.29, 1.82) is 0 Å². The fourth-order valence-electron chi connectivity index (χ4n) is 2.73. The average molecular weight is 344 g/mol. The zero-order chi connectivity index (χ0) is 17.1. The van der Waals surface area contributed by atoms with Gasteiger partial charge in [0.15, 0.2) is 0 Å². The second-order valence-electron chi connectivity index (χ2n) is 5.80. The molecule has 0 aliphatic carbocycles. The molecule has 4 nitrogen and oxygen atoms in total. The molecule has 0 unspecified atom stereocenters. The van der Waals surface area contributed by atoms with Gasteiger partial charge in [0.25, 0.3) is 0 Å². The summed E-state index contributed by atoms with van der Waals surface area (Å²) in [4.78, 5) is 26.1. The summed E-state index contributed by atoms with van der Waals surface area (Å²) in [5, 5.41) is 0.608. The van der Waals surface area contributed by atoms with Gasteiger partial charge in [-0.3, -0.25) is 9.59 Å². The molecule has 5 heteroatoms. The molecule has 24 heavy (non-hydrogen) atoms. The molecule has 1 amide bonds. The monoisotopic (exact) mass is 343 g/mol. The van der Waals surface area contributed by atoms with Crippen molar-refractivity contribution >= 4 is 29.2 Å². The summed E-state index contributed by atoms with van der Waals surface area (Å²) in [5.74, 6) is -0.404. The van der Waals surface area contributed by atoms with E-state index in [1.807, 2.05) is 12.1 Å². The van der Waals surface area contributed by atoms with E-state index in [4.69, 9.17) is 16.3 Å². The van der Waals surface area contributed by atoms with Crippen molar-refractivity contribution in [2.45, 2.75) is 19.8 Å². The van der Waals surface area contributed by atoms with E-state index in [1.165, 1.54) is 5.56 Å². The van der Waals surface area contributed by atoms with Gasteiger partial charge in [-0.2, -0.15) is 0 Å². The number of carbonyl (C=O) groups is 2. The van der Waals surface area contributed by atoms with E-state index in [0.717, 1.165) is 12.1 Å². The maximum absolute atomic E-state index is 12.3. The highest BCUT2D eigenvalue weighted by molar-refractivity contribution is 6.30. The largest absolute Gasteiger partial charge is 0.426 e. The topological polar surface area (TPSA) is 46.6 Å². The Hall–Kier alpha value is -2.33. The molecule has 124 valence electrons. The van der Waals surface area contributed by atoms with Gasteiger partial charge < -0.3 is 9.64 Å². The number of halogens is 1. The summed E-state index contributed by atoms with van der Waals surface area (Å²) < 4.78 is 5.41. The SMILES string of the molecule is CCc1ccc(OC(=O)[C@@H]2CC(=O)N(c3ccc(Cl)cc3)C2)cc1. The maximum Gasteiger partial charge on any atom is 0.316 e. The molecule has 2 aromatic rings. The number of anilines is 1. The van der Waals surface area contributed by atoms with Crippen LogP contribution in [0.1, 0.15) is 18.9 Å². The standard InChI is InChI=1S/C19H18ClNO3/c1-2-13-3-9-17(10-4-13)24-19(23)14-11-18(22)21(12-14)16-7-5-15(20)6-8-16/h3-10,14H,2,11-12H2,1H3/t14-/m1/s1. The van der Waals surface area contributed by atoms with Crippen LogP contribution in [0.2, 0.25) is 5.02 Å². The first kappa shape index (κ1) is 16.5. The molecular weight excluding hydrogens is 326 g/mol. The third kappa shape index (κ3) is 3.60. The molecule has 0 spiro atoms. The van der Waals surface area contributed by atoms with Gasteiger partial charge in [0.2, 0.25) is 5.91 Å². The van der Waals surface area contributed by atoms with Gasteiger partial charge in [-0.15, -0.1) is 0 Å². The Balaban J connectivity index is 1.66. The molecule has 1 heterocycles. The molecule has 1 saturated heterocycles. The summed E-state index contributed by atoms with van der Waals surface area (Å²) in [7, 11) is 0. The van der Waals surface area contributed by atoms with Gasteiger partial charge >= 0.3 is 5.97 Å². The molecule has 1 fully saturated rings. The Morgan fingerprint density at radius 1 is 1.17 bits per heavy atom. The van der Waals surface area contributed by atoms with Crippen molar-refractivity contribution in [2.75, 3.05) is 11.4 Å². The van der Waals surface area contributed by atoms with Gasteiger partial charge in [0.1, 0.15) is 5.75 Å². The zero-order valence-corrected chi connectivity index (χ0v) is 14.1. The lowest BCUT2D eigenvalue weighted by Crippen LogP contribution is -2.27. The fourth-order valence-corrected chi connectivity index (χ4v) is 2.85. The number of hydrogen-bond acceptors (Lipinski definition) is 3. The molecule has 0 N–H and O–H groups in total. The fraction of sp³-hybridized carbons (Fsp3) is 0.263. The summed E-state index contributed by atoms with van der Waals surface area (Å²) >= 11 is 5.87. The van der Waals surface area contributed by atoms with Gasteiger partial charge in [-0.1, -0.05) is 30.7 Å². The molecule has 3 rings (SSSR count). The highest BCUT2D eigenvalue weighted by Gasteiger charge is 2.36. The first-order valence-corrected chi connectivity index (χ1v) is 8.31. The summed E-state index contributed by atoms with van der Waals surface area (Å²) in [5.41, 5.74) is 1.92. The van der Waals surface area contributed by atoms with Crippen LogP contribution >= 0.6 is 11.6 Å². The minimum atomic E-state index is -0.459. The predicted molar refractivity (Wildman–Crippen MR) is 93.4 cm³/mol. The number of amides is 1. The smallest absolute Gasteiger partial charge is 0.316 e. The van der Waals surface area contributed by atoms with E-state index >= 15 is 0 Å². The van der Waals surface area contributed by atoms with Crippen LogP contribution in [0.5, 0.6) is 5.75 Å². The van der Waals surface area contributed by atoms with Crippen LogP contribution in [0.15, 0.2) is 48.5 Å². The van der Waals surface area contributed by atoms with Crippen molar-refractivity contribution < 1.29 is 14.3 Å². The van der Waals surface area contributed by atoms with Crippen molar-refractivity contribution in [3.63, 3.8) is 0 Å². The lowest BCUT2D eigenvalue weighted by Gasteiger charge is -2.16. The van der Waals surface area contributed by atoms with Crippen LogP contribution in [-0.2, 0) is 16.0 Å². The van der Waals surface area contributed by atoms with Crippen LogP contribution in [0, 0.1) is 5.92 Å². The Morgan fingerprint density at radius 3 is 2.46 bits per heavy atom. The molecule has 0 bridgehead atoms. The average Bonchev–Trinajstić information content (AvgIpc) is 2.98. The van der Waals surface area contributed by atoms with Gasteiger partial charge in [-0.25, -0.2) is 0 Å². The molecule has 2 aromatic carbocycles. The third-order valence-electron chi connectivity index (χ3n) is 4.15. The first-order chi connectivity index (χ1) is 11.6. The molecule has 0 saturated carbocycles.